The number of hydrogen-bond donors (Lipinski definition) is 1. The molecule has 0 rings (SSSR count). The molecule has 0 aromatic rings. The molecule has 1 unspecified atom stereocenters. The largest absolute Gasteiger partial charge is 0.480 e. The van der Waals surface area contributed by atoms with E-state index in [1.807, 2.05) is 6.92 Å². The van der Waals surface area contributed by atoms with E-state index in [2.05, 4.69) is 0 Å². The Labute approximate surface area is 93.4 Å². The van der Waals surface area contributed by atoms with Crippen molar-refractivity contribution in [2.24, 2.45) is 0 Å². The first-order valence-corrected chi connectivity index (χ1v) is 6.25. The summed E-state index contributed by atoms with van der Waals surface area (Å²) in [6.07, 6.45) is 0.314. The van der Waals surface area contributed by atoms with Gasteiger partial charge in [-0.15, -0.1) is 11.8 Å². The number of carboxylic acids is 1. The molecule has 0 aliphatic heterocycles. The summed E-state index contributed by atoms with van der Waals surface area (Å²) in [5, 5.41) is 8.43. The number of carbonyl (C=O) groups is 1. The first-order valence-electron chi connectivity index (χ1n) is 5.20. The zero-order valence-electron chi connectivity index (χ0n) is 8.92. The van der Waals surface area contributed by atoms with E-state index in [4.69, 9.17) is 5.11 Å². The van der Waals surface area contributed by atoms with Crippen LogP contribution in [0, 0.1) is 0 Å². The Kier molecular flexibility index (Phi) is 8.76. The number of alkyl halides is 2. The first-order chi connectivity index (χ1) is 7.07. The van der Waals surface area contributed by atoms with E-state index in [1.165, 1.54) is 11.8 Å². The van der Waals surface area contributed by atoms with Crippen molar-refractivity contribution in [3.8, 4) is 0 Å². The van der Waals surface area contributed by atoms with Crippen LogP contribution >= 0.6 is 11.8 Å². The fourth-order valence-electron chi connectivity index (χ4n) is 1.17. The fraction of sp³-hybridized carbons (Fsp3) is 0.900. The standard InChI is InChI=1S/C10H18F2O2S/c1-2-5-8(10(13)14)15-7-4-3-6-9(11)12/h8-9H,2-7H2,1H3,(H,13,14). The van der Waals surface area contributed by atoms with Crippen LogP contribution in [0.3, 0.4) is 0 Å². The molecule has 1 N–H and O–H groups in total. The van der Waals surface area contributed by atoms with Crippen LogP contribution < -0.4 is 0 Å². The molecule has 1 atom stereocenters. The molecule has 0 aliphatic carbocycles. The molecule has 0 aromatic heterocycles. The normalized spacial score (nSPS) is 13.1. The Morgan fingerprint density at radius 1 is 1.33 bits per heavy atom. The van der Waals surface area contributed by atoms with E-state index in [-0.39, 0.29) is 11.7 Å². The number of thioether (sulfide) groups is 1. The SMILES string of the molecule is CCCC(SCCCCC(F)F)C(=O)O. The van der Waals surface area contributed by atoms with Crippen molar-refractivity contribution in [1.82, 2.24) is 0 Å². The van der Waals surface area contributed by atoms with Gasteiger partial charge in [-0.1, -0.05) is 13.3 Å². The van der Waals surface area contributed by atoms with Gasteiger partial charge >= 0.3 is 5.97 Å². The van der Waals surface area contributed by atoms with Crippen LogP contribution in [0.4, 0.5) is 8.78 Å². The molecule has 0 fully saturated rings. The van der Waals surface area contributed by atoms with Crippen LogP contribution in [0.15, 0.2) is 0 Å². The molecule has 5 heteroatoms. The average molecular weight is 240 g/mol. The molecule has 0 aliphatic rings. The van der Waals surface area contributed by atoms with Gasteiger partial charge < -0.3 is 5.11 Å². The third-order valence-corrected chi connectivity index (χ3v) is 3.33. The van der Waals surface area contributed by atoms with E-state index >= 15 is 0 Å². The molecule has 0 saturated carbocycles. The van der Waals surface area contributed by atoms with Gasteiger partial charge in [-0.25, -0.2) is 8.78 Å². The van der Waals surface area contributed by atoms with Gasteiger partial charge in [0, 0.05) is 6.42 Å². The van der Waals surface area contributed by atoms with Crippen molar-refractivity contribution in [1.29, 1.82) is 0 Å². The molecule has 0 spiro atoms. The maximum absolute atomic E-state index is 11.8. The predicted molar refractivity (Wildman–Crippen MR) is 58.6 cm³/mol. The van der Waals surface area contributed by atoms with Crippen molar-refractivity contribution in [2.45, 2.75) is 50.7 Å². The van der Waals surface area contributed by atoms with Gasteiger partial charge in [-0.05, 0) is 25.0 Å². The molecule has 0 radical (unpaired) electrons. The number of carboxylic acid groups (broad SMARTS) is 1. The second kappa shape index (κ2) is 8.95. The maximum atomic E-state index is 11.8. The monoisotopic (exact) mass is 240 g/mol. The van der Waals surface area contributed by atoms with Gasteiger partial charge in [0.25, 0.3) is 0 Å². The second-order valence-corrected chi connectivity index (χ2v) is 4.68. The van der Waals surface area contributed by atoms with Gasteiger partial charge in [0.05, 0.1) is 0 Å². The molecule has 2 nitrogen and oxygen atoms in total. The first kappa shape index (κ1) is 14.7. The topological polar surface area (TPSA) is 37.3 Å². The number of unbranched alkanes of at least 4 members (excludes halogenated alkanes) is 1. The zero-order chi connectivity index (χ0) is 11.7. The molecule has 0 saturated heterocycles. The van der Waals surface area contributed by atoms with Gasteiger partial charge in [0.2, 0.25) is 6.43 Å². The summed E-state index contributed by atoms with van der Waals surface area (Å²) in [6, 6.07) is 0. The van der Waals surface area contributed by atoms with Crippen molar-refractivity contribution in [2.75, 3.05) is 5.75 Å². The highest BCUT2D eigenvalue weighted by molar-refractivity contribution is 8.00. The maximum Gasteiger partial charge on any atom is 0.316 e. The lowest BCUT2D eigenvalue weighted by Crippen LogP contribution is -2.16. The highest BCUT2D eigenvalue weighted by atomic mass is 32.2. The highest BCUT2D eigenvalue weighted by Crippen LogP contribution is 2.19. The molecule has 0 bridgehead atoms. The molecule has 15 heavy (non-hydrogen) atoms. The van der Waals surface area contributed by atoms with E-state index < -0.39 is 12.4 Å². The lowest BCUT2D eigenvalue weighted by atomic mass is 10.2. The molecule has 0 heterocycles. The van der Waals surface area contributed by atoms with Gasteiger partial charge in [-0.2, -0.15) is 0 Å². The van der Waals surface area contributed by atoms with Crippen LogP contribution in [0.5, 0.6) is 0 Å². The van der Waals surface area contributed by atoms with Crippen molar-refractivity contribution in [3.05, 3.63) is 0 Å². The minimum atomic E-state index is -2.24. The molecule has 90 valence electrons. The summed E-state index contributed by atoms with van der Waals surface area (Å²) >= 11 is 1.36. The number of aliphatic carboxylic acids is 1. The lowest BCUT2D eigenvalue weighted by molar-refractivity contribution is -0.136. The van der Waals surface area contributed by atoms with Crippen molar-refractivity contribution >= 4 is 17.7 Å². The minimum Gasteiger partial charge on any atom is -0.480 e. The van der Waals surface area contributed by atoms with Crippen LogP contribution in [-0.2, 0) is 4.79 Å². The van der Waals surface area contributed by atoms with Crippen LogP contribution in [0.25, 0.3) is 0 Å². The zero-order valence-corrected chi connectivity index (χ0v) is 9.73. The van der Waals surface area contributed by atoms with Crippen molar-refractivity contribution < 1.29 is 18.7 Å². The van der Waals surface area contributed by atoms with Gasteiger partial charge in [-0.3, -0.25) is 4.79 Å². The number of rotatable bonds is 9. The Bertz CT molecular complexity index is 177. The van der Waals surface area contributed by atoms with Crippen LogP contribution in [-0.4, -0.2) is 28.5 Å². The average Bonchev–Trinajstić information content (AvgIpc) is 2.15. The Balaban J connectivity index is 3.49. The van der Waals surface area contributed by atoms with E-state index in [0.29, 0.717) is 25.0 Å². The summed E-state index contributed by atoms with van der Waals surface area (Å²) in [5.41, 5.74) is 0. The minimum absolute atomic E-state index is 0.0773. The van der Waals surface area contributed by atoms with E-state index in [9.17, 15) is 13.6 Å². The number of hydrogen-bond acceptors (Lipinski definition) is 2. The predicted octanol–water partition coefficient (Wildman–Crippen LogP) is 3.41. The number of halogens is 2. The van der Waals surface area contributed by atoms with E-state index in [1.54, 1.807) is 0 Å². The molecule has 0 aromatic carbocycles. The van der Waals surface area contributed by atoms with E-state index in [0.717, 1.165) is 6.42 Å². The summed E-state index contributed by atoms with van der Waals surface area (Å²) < 4.78 is 23.5. The van der Waals surface area contributed by atoms with Crippen LogP contribution in [0.2, 0.25) is 0 Å². The van der Waals surface area contributed by atoms with Crippen LogP contribution in [0.1, 0.15) is 39.0 Å². The summed E-state index contributed by atoms with van der Waals surface area (Å²) in [6.45, 7) is 1.94. The summed E-state index contributed by atoms with van der Waals surface area (Å²) in [5.74, 6) is -0.139. The Morgan fingerprint density at radius 2 is 2.00 bits per heavy atom. The van der Waals surface area contributed by atoms with Gasteiger partial charge in [0.15, 0.2) is 0 Å². The lowest BCUT2D eigenvalue weighted by Gasteiger charge is -2.10. The smallest absolute Gasteiger partial charge is 0.316 e. The summed E-state index contributed by atoms with van der Waals surface area (Å²) in [7, 11) is 0. The van der Waals surface area contributed by atoms with Crippen molar-refractivity contribution in [3.63, 3.8) is 0 Å². The summed E-state index contributed by atoms with van der Waals surface area (Å²) in [4.78, 5) is 10.7. The fourth-order valence-corrected chi connectivity index (χ4v) is 2.37. The Hall–Kier alpha value is -0.320. The Morgan fingerprint density at radius 3 is 2.47 bits per heavy atom. The third-order valence-electron chi connectivity index (χ3n) is 1.96. The molecular formula is C10H18F2O2S. The molecule has 0 amide bonds. The highest BCUT2D eigenvalue weighted by Gasteiger charge is 2.16. The molecular weight excluding hydrogens is 222 g/mol. The third kappa shape index (κ3) is 8.66. The van der Waals surface area contributed by atoms with Gasteiger partial charge in [0.1, 0.15) is 5.25 Å². The quantitative estimate of drug-likeness (QED) is 0.627. The second-order valence-electron chi connectivity index (χ2n) is 3.37.